The largest absolute Gasteiger partial charge is 0.490 e. The molecule has 0 unspecified atom stereocenters. The minimum Gasteiger partial charge on any atom is -0.490 e. The van der Waals surface area contributed by atoms with E-state index in [0.29, 0.717) is 24.7 Å². The topological polar surface area (TPSA) is 73.1 Å². The van der Waals surface area contributed by atoms with Crippen LogP contribution in [0.1, 0.15) is 43.8 Å². The van der Waals surface area contributed by atoms with Crippen molar-refractivity contribution in [3.8, 4) is 5.75 Å². The highest BCUT2D eigenvalue weighted by Crippen LogP contribution is 2.28. The maximum Gasteiger partial charge on any atom is 0.233 e. The lowest BCUT2D eigenvalue weighted by Gasteiger charge is -2.34. The Morgan fingerprint density at radius 3 is 2.81 bits per heavy atom. The molecule has 0 radical (unpaired) electrons. The van der Waals surface area contributed by atoms with Gasteiger partial charge in [0.1, 0.15) is 17.7 Å². The second kappa shape index (κ2) is 7.39. The van der Waals surface area contributed by atoms with E-state index in [1.165, 1.54) is 12.1 Å². The molecule has 1 aromatic carbocycles. The summed E-state index contributed by atoms with van der Waals surface area (Å²) in [5, 5.41) is 11.8. The summed E-state index contributed by atoms with van der Waals surface area (Å²) in [4.78, 5) is 14.9. The molecule has 0 bridgehead atoms. The van der Waals surface area contributed by atoms with Crippen LogP contribution in [0.4, 0.5) is 4.39 Å². The van der Waals surface area contributed by atoms with Crippen LogP contribution in [0, 0.1) is 5.82 Å². The molecule has 4 rings (SSSR count). The highest BCUT2D eigenvalue weighted by molar-refractivity contribution is 5.83. The first-order chi connectivity index (χ1) is 12.7. The summed E-state index contributed by atoms with van der Waals surface area (Å²) in [6.07, 6.45) is 4.24. The number of rotatable bonds is 3. The highest BCUT2D eigenvalue weighted by atomic mass is 19.1. The van der Waals surface area contributed by atoms with Crippen LogP contribution < -0.4 is 4.74 Å². The van der Waals surface area contributed by atoms with Crippen LogP contribution in [0.25, 0.3) is 0 Å². The fourth-order valence-electron chi connectivity index (χ4n) is 3.74. The molecule has 2 aliphatic rings. The summed E-state index contributed by atoms with van der Waals surface area (Å²) in [7, 11) is 0. The highest BCUT2D eigenvalue weighted by Gasteiger charge is 2.33. The van der Waals surface area contributed by atoms with Crippen molar-refractivity contribution in [3.63, 3.8) is 0 Å². The van der Waals surface area contributed by atoms with Gasteiger partial charge in [-0.1, -0.05) is 12.5 Å². The number of aromatic nitrogens is 4. The first-order valence-corrected chi connectivity index (χ1v) is 9.18. The number of carbonyl (C=O) groups excluding carboxylic acids is 1. The Hall–Kier alpha value is -2.51. The van der Waals surface area contributed by atoms with E-state index in [1.807, 2.05) is 4.90 Å². The molecule has 1 aromatic heterocycles. The summed E-state index contributed by atoms with van der Waals surface area (Å²) < 4.78 is 20.9. The number of hydrogen-bond donors (Lipinski definition) is 0. The van der Waals surface area contributed by atoms with Gasteiger partial charge < -0.3 is 9.64 Å². The van der Waals surface area contributed by atoms with Crippen LogP contribution in [0.2, 0.25) is 0 Å². The molecule has 0 aliphatic carbocycles. The van der Waals surface area contributed by atoms with Crippen LogP contribution in [-0.2, 0) is 11.3 Å². The number of hydrogen-bond acceptors (Lipinski definition) is 5. The first kappa shape index (κ1) is 16.9. The number of amides is 1. The minimum atomic E-state index is -0.304. The van der Waals surface area contributed by atoms with E-state index >= 15 is 0 Å². The maximum absolute atomic E-state index is 13.3. The summed E-state index contributed by atoms with van der Waals surface area (Å²) >= 11 is 0. The second-order valence-corrected chi connectivity index (χ2v) is 6.91. The molecule has 2 aromatic rings. The van der Waals surface area contributed by atoms with E-state index in [-0.39, 0.29) is 23.7 Å². The summed E-state index contributed by atoms with van der Waals surface area (Å²) in [5.74, 6) is 0.768. The zero-order valence-corrected chi connectivity index (χ0v) is 14.6. The lowest BCUT2D eigenvalue weighted by atomic mass is 9.98. The molecule has 1 fully saturated rings. The second-order valence-electron chi connectivity index (χ2n) is 6.91. The average molecular weight is 359 g/mol. The van der Waals surface area contributed by atoms with Gasteiger partial charge in [-0.15, -0.1) is 5.10 Å². The maximum atomic E-state index is 13.3. The van der Waals surface area contributed by atoms with Gasteiger partial charge in [0.05, 0.1) is 5.92 Å². The number of ether oxygens (including phenoxy) is 1. The molecule has 0 N–H and O–H groups in total. The average Bonchev–Trinajstić information content (AvgIpc) is 3.01. The fraction of sp³-hybridized carbons (Fsp3) is 0.556. The lowest BCUT2D eigenvalue weighted by Crippen LogP contribution is -2.44. The van der Waals surface area contributed by atoms with Crippen molar-refractivity contribution in [1.29, 1.82) is 0 Å². The molecule has 7 nitrogen and oxygen atoms in total. The molecule has 2 aliphatic heterocycles. The van der Waals surface area contributed by atoms with E-state index in [0.717, 1.165) is 38.6 Å². The van der Waals surface area contributed by atoms with Gasteiger partial charge in [-0.25, -0.2) is 9.07 Å². The SMILES string of the molecule is O=C([C@@H]1CCCCn2nnnc21)N1CCC(Oc2cccc(F)c2)CC1. The van der Waals surface area contributed by atoms with Crippen molar-refractivity contribution in [1.82, 2.24) is 25.1 Å². The van der Waals surface area contributed by atoms with Crippen LogP contribution in [-0.4, -0.2) is 50.2 Å². The van der Waals surface area contributed by atoms with Gasteiger partial charge in [-0.3, -0.25) is 4.79 Å². The van der Waals surface area contributed by atoms with Gasteiger partial charge in [0, 0.05) is 38.5 Å². The molecule has 0 spiro atoms. The van der Waals surface area contributed by atoms with Gasteiger partial charge in [0.25, 0.3) is 0 Å². The van der Waals surface area contributed by atoms with E-state index in [2.05, 4.69) is 15.5 Å². The van der Waals surface area contributed by atoms with Gasteiger partial charge in [0.15, 0.2) is 5.82 Å². The van der Waals surface area contributed by atoms with Crippen LogP contribution >= 0.6 is 0 Å². The van der Waals surface area contributed by atoms with Gasteiger partial charge >= 0.3 is 0 Å². The van der Waals surface area contributed by atoms with E-state index in [1.54, 1.807) is 16.8 Å². The quantitative estimate of drug-likeness (QED) is 0.840. The van der Waals surface area contributed by atoms with E-state index < -0.39 is 0 Å². The Balaban J connectivity index is 1.37. The molecule has 1 atom stereocenters. The van der Waals surface area contributed by atoms with Crippen LogP contribution in [0.5, 0.6) is 5.75 Å². The van der Waals surface area contributed by atoms with Crippen molar-refractivity contribution in [2.75, 3.05) is 13.1 Å². The lowest BCUT2D eigenvalue weighted by molar-refractivity contribution is -0.135. The molecular weight excluding hydrogens is 337 g/mol. The molecule has 3 heterocycles. The monoisotopic (exact) mass is 359 g/mol. The number of likely N-dealkylation sites (tertiary alicyclic amines) is 1. The molecular formula is C18H22FN5O2. The van der Waals surface area contributed by atoms with Crippen molar-refractivity contribution in [2.24, 2.45) is 0 Å². The standard InChI is InChI=1S/C18H22FN5O2/c19-13-4-3-5-15(12-13)26-14-7-10-23(11-8-14)18(25)16-6-1-2-9-24-17(16)20-21-22-24/h3-5,12,14,16H,1-2,6-11H2/t16-/m1/s1. The minimum absolute atomic E-state index is 0.000281. The number of carbonyl (C=O) groups is 1. The van der Waals surface area contributed by atoms with Gasteiger partial charge in [0.2, 0.25) is 5.91 Å². The third kappa shape index (κ3) is 3.54. The van der Waals surface area contributed by atoms with Gasteiger partial charge in [-0.05, 0) is 35.4 Å². The smallest absolute Gasteiger partial charge is 0.233 e. The van der Waals surface area contributed by atoms with E-state index in [4.69, 9.17) is 4.74 Å². The molecule has 8 heteroatoms. The molecule has 0 saturated carbocycles. The van der Waals surface area contributed by atoms with Crippen molar-refractivity contribution in [2.45, 2.75) is 50.7 Å². The molecule has 138 valence electrons. The van der Waals surface area contributed by atoms with Crippen molar-refractivity contribution in [3.05, 3.63) is 35.9 Å². The summed E-state index contributed by atoms with van der Waals surface area (Å²) in [5.41, 5.74) is 0. The summed E-state index contributed by atoms with van der Waals surface area (Å²) in [6.45, 7) is 2.05. The van der Waals surface area contributed by atoms with Crippen LogP contribution in [0.3, 0.4) is 0 Å². The Morgan fingerprint density at radius 2 is 2.00 bits per heavy atom. The summed E-state index contributed by atoms with van der Waals surface area (Å²) in [6, 6.07) is 6.18. The van der Waals surface area contributed by atoms with E-state index in [9.17, 15) is 9.18 Å². The van der Waals surface area contributed by atoms with Crippen molar-refractivity contribution >= 4 is 5.91 Å². The first-order valence-electron chi connectivity index (χ1n) is 9.18. The number of nitrogens with zero attached hydrogens (tertiary/aromatic N) is 5. The predicted molar refractivity (Wildman–Crippen MR) is 91.0 cm³/mol. The molecule has 1 amide bonds. The number of tetrazole rings is 1. The normalized spacial score (nSPS) is 21.1. The molecule has 26 heavy (non-hydrogen) atoms. The third-order valence-corrected chi connectivity index (χ3v) is 5.13. The number of fused-ring (bicyclic) bond motifs is 1. The zero-order chi connectivity index (χ0) is 17.9. The predicted octanol–water partition coefficient (Wildman–Crippen LogP) is 2.15. The van der Waals surface area contributed by atoms with Crippen molar-refractivity contribution < 1.29 is 13.9 Å². The third-order valence-electron chi connectivity index (χ3n) is 5.13. The fourth-order valence-corrected chi connectivity index (χ4v) is 3.74. The number of piperidine rings is 1. The number of aryl methyl sites for hydroxylation is 1. The Bertz CT molecular complexity index is 772. The number of halogens is 1. The number of benzene rings is 1. The van der Waals surface area contributed by atoms with Gasteiger partial charge in [-0.2, -0.15) is 0 Å². The Labute approximate surface area is 151 Å². The Morgan fingerprint density at radius 1 is 1.15 bits per heavy atom. The Kier molecular flexibility index (Phi) is 4.81. The molecule has 1 saturated heterocycles. The van der Waals surface area contributed by atoms with Crippen LogP contribution in [0.15, 0.2) is 24.3 Å². The zero-order valence-electron chi connectivity index (χ0n) is 14.6.